The van der Waals surface area contributed by atoms with Gasteiger partial charge in [0.1, 0.15) is 5.52 Å². The maximum atomic E-state index is 12.1. The smallest absolute Gasteiger partial charge is 0.293 e. The number of halogens is 1. The number of anilines is 1. The number of rotatable bonds is 5. The summed E-state index contributed by atoms with van der Waals surface area (Å²) in [5.41, 5.74) is 4.72. The van der Waals surface area contributed by atoms with Crippen molar-refractivity contribution in [3.8, 4) is 0 Å². The average molecular weight is 498 g/mol. The van der Waals surface area contributed by atoms with Gasteiger partial charge in [0.25, 0.3) is 5.91 Å². The Morgan fingerprint density at radius 3 is 2.55 bits per heavy atom. The largest absolute Gasteiger partial charge is 0.444 e. The Labute approximate surface area is 193 Å². The maximum Gasteiger partial charge on any atom is 0.293 e. The number of fused-ring (bicyclic) bond motifs is 1. The fourth-order valence-corrected chi connectivity index (χ4v) is 3.59. The molecule has 2 N–H and O–H groups in total. The lowest BCUT2D eigenvalue weighted by atomic mass is 10.0. The number of hydrogen-bond acceptors (Lipinski definition) is 5. The summed E-state index contributed by atoms with van der Waals surface area (Å²) in [6.07, 6.45) is 0.584. The second-order valence-electron chi connectivity index (χ2n) is 7.38. The van der Waals surface area contributed by atoms with Gasteiger partial charge in [-0.25, -0.2) is 4.98 Å². The van der Waals surface area contributed by atoms with Crippen molar-refractivity contribution in [2.24, 2.45) is 0 Å². The van der Waals surface area contributed by atoms with E-state index in [1.165, 1.54) is 5.56 Å². The number of oxazole rings is 1. The van der Waals surface area contributed by atoms with Crippen LogP contribution < -0.4 is 10.6 Å². The fourth-order valence-electron chi connectivity index (χ4n) is 3.07. The van der Waals surface area contributed by atoms with Gasteiger partial charge in [0.2, 0.25) is 0 Å². The lowest BCUT2D eigenvalue weighted by Crippen LogP contribution is -2.33. The van der Waals surface area contributed by atoms with Crippen LogP contribution in [0, 0.1) is 0 Å². The van der Waals surface area contributed by atoms with Crippen molar-refractivity contribution < 1.29 is 13.6 Å². The molecule has 158 valence electrons. The van der Waals surface area contributed by atoms with E-state index in [9.17, 15) is 4.79 Å². The molecule has 2 aromatic carbocycles. The topological polar surface area (TPSA) is 80.3 Å². The van der Waals surface area contributed by atoms with Crippen LogP contribution in [0.5, 0.6) is 0 Å². The quantitative estimate of drug-likeness (QED) is 0.328. The molecule has 0 fully saturated rings. The number of nitrogens with one attached hydrogen (secondary N) is 2. The van der Waals surface area contributed by atoms with E-state index in [0.29, 0.717) is 22.9 Å². The van der Waals surface area contributed by atoms with Crippen molar-refractivity contribution in [2.75, 3.05) is 5.32 Å². The molecule has 31 heavy (non-hydrogen) atoms. The maximum absolute atomic E-state index is 12.1. The van der Waals surface area contributed by atoms with E-state index in [1.807, 2.05) is 30.3 Å². The van der Waals surface area contributed by atoms with Gasteiger partial charge >= 0.3 is 0 Å². The number of furan rings is 1. The molecule has 0 saturated heterocycles. The Hall–Kier alpha value is -2.97. The van der Waals surface area contributed by atoms with E-state index in [-0.39, 0.29) is 10.9 Å². The van der Waals surface area contributed by atoms with Crippen molar-refractivity contribution in [3.63, 3.8) is 0 Å². The summed E-state index contributed by atoms with van der Waals surface area (Å²) in [6, 6.07) is 17.0. The summed E-state index contributed by atoms with van der Waals surface area (Å²) in [6.45, 7) is 4.32. The van der Waals surface area contributed by atoms with Crippen molar-refractivity contribution in [3.05, 3.63) is 82.0 Å². The van der Waals surface area contributed by atoms with Gasteiger partial charge in [-0.05, 0) is 81.6 Å². The molecular formula is C23H20BrN3O3S. The normalized spacial score (nSPS) is 11.1. The van der Waals surface area contributed by atoms with Crippen LogP contribution in [0.25, 0.3) is 11.1 Å². The Balaban J connectivity index is 1.37. The first-order valence-corrected chi connectivity index (χ1v) is 10.9. The number of aromatic nitrogens is 1. The minimum absolute atomic E-state index is 0.172. The molecule has 6 nitrogen and oxygen atoms in total. The zero-order valence-corrected chi connectivity index (χ0v) is 19.3. The highest BCUT2D eigenvalue weighted by Gasteiger charge is 2.12. The van der Waals surface area contributed by atoms with Crippen LogP contribution >= 0.6 is 28.1 Å². The van der Waals surface area contributed by atoms with Crippen LogP contribution in [0.4, 0.5) is 5.69 Å². The molecule has 0 aliphatic heterocycles. The molecule has 2 aromatic heterocycles. The third-order valence-electron chi connectivity index (χ3n) is 4.71. The number of nitrogens with zero attached hydrogens (tertiary/aromatic N) is 1. The Kier molecular flexibility index (Phi) is 6.20. The van der Waals surface area contributed by atoms with E-state index in [4.69, 9.17) is 21.1 Å². The molecule has 1 amide bonds. The number of thiocarbonyl (C=S) groups is 1. The van der Waals surface area contributed by atoms with Crippen molar-refractivity contribution in [1.29, 1.82) is 0 Å². The molecule has 0 radical (unpaired) electrons. The van der Waals surface area contributed by atoms with Gasteiger partial charge in [0.05, 0.1) is 0 Å². The third kappa shape index (κ3) is 5.21. The third-order valence-corrected chi connectivity index (χ3v) is 5.34. The highest BCUT2D eigenvalue weighted by molar-refractivity contribution is 9.10. The summed E-state index contributed by atoms with van der Waals surface area (Å²) in [7, 11) is 0. The van der Waals surface area contributed by atoms with Crippen LogP contribution in [0.15, 0.2) is 68.1 Å². The second kappa shape index (κ2) is 9.03. The number of carbonyl (C=O) groups excluding carboxylic acids is 1. The van der Waals surface area contributed by atoms with Gasteiger partial charge in [-0.3, -0.25) is 10.1 Å². The van der Waals surface area contributed by atoms with Crippen LogP contribution in [0.3, 0.4) is 0 Å². The lowest BCUT2D eigenvalue weighted by molar-refractivity contribution is 0.0949. The van der Waals surface area contributed by atoms with E-state index < -0.39 is 5.91 Å². The molecule has 0 bridgehead atoms. The standard InChI is InChI=1S/C23H20BrN3O3S/c1-13(2)15-5-8-18-17(12-15)26-21(30-18)11-14-3-6-16(7-4-14)25-23(31)27-22(28)19-9-10-20(24)29-19/h3-10,12-13H,11H2,1-2H3,(H2,25,27,28,31). The summed E-state index contributed by atoms with van der Waals surface area (Å²) in [4.78, 5) is 16.7. The second-order valence-corrected chi connectivity index (χ2v) is 8.56. The molecule has 2 heterocycles. The van der Waals surface area contributed by atoms with Crippen molar-refractivity contribution in [2.45, 2.75) is 26.2 Å². The lowest BCUT2D eigenvalue weighted by Gasteiger charge is -2.09. The van der Waals surface area contributed by atoms with Crippen LogP contribution in [0.2, 0.25) is 0 Å². The summed E-state index contributed by atoms with van der Waals surface area (Å²) in [5.74, 6) is 0.868. The molecule has 4 aromatic rings. The predicted molar refractivity (Wildman–Crippen MR) is 127 cm³/mol. The number of hydrogen-bond donors (Lipinski definition) is 2. The van der Waals surface area contributed by atoms with E-state index in [0.717, 1.165) is 22.4 Å². The molecule has 8 heteroatoms. The van der Waals surface area contributed by atoms with Crippen LogP contribution in [0.1, 0.15) is 47.3 Å². The van der Waals surface area contributed by atoms with Crippen LogP contribution in [-0.4, -0.2) is 16.0 Å². The van der Waals surface area contributed by atoms with Gasteiger partial charge in [-0.15, -0.1) is 0 Å². The minimum Gasteiger partial charge on any atom is -0.444 e. The first-order valence-electron chi connectivity index (χ1n) is 9.73. The van der Waals surface area contributed by atoms with Crippen molar-refractivity contribution in [1.82, 2.24) is 10.3 Å². The highest BCUT2D eigenvalue weighted by atomic mass is 79.9. The Morgan fingerprint density at radius 1 is 1.10 bits per heavy atom. The van der Waals surface area contributed by atoms with E-state index >= 15 is 0 Å². The molecule has 0 unspecified atom stereocenters. The van der Waals surface area contributed by atoms with Gasteiger partial charge < -0.3 is 14.2 Å². The monoisotopic (exact) mass is 497 g/mol. The highest BCUT2D eigenvalue weighted by Crippen LogP contribution is 2.23. The van der Waals surface area contributed by atoms with Crippen LogP contribution in [-0.2, 0) is 6.42 Å². The van der Waals surface area contributed by atoms with Gasteiger partial charge in [-0.2, -0.15) is 0 Å². The fraction of sp³-hybridized carbons (Fsp3) is 0.174. The predicted octanol–water partition coefficient (Wildman–Crippen LogP) is 6.02. The molecular weight excluding hydrogens is 478 g/mol. The van der Waals surface area contributed by atoms with Gasteiger partial charge in [0.15, 0.2) is 27.0 Å². The van der Waals surface area contributed by atoms with Gasteiger partial charge in [-0.1, -0.05) is 32.0 Å². The first kappa shape index (κ1) is 21.3. The summed E-state index contributed by atoms with van der Waals surface area (Å²) >= 11 is 8.36. The Morgan fingerprint density at radius 2 is 1.87 bits per heavy atom. The molecule has 0 aliphatic carbocycles. The molecule has 0 spiro atoms. The Bertz CT molecular complexity index is 1240. The van der Waals surface area contributed by atoms with E-state index in [2.05, 4.69) is 57.5 Å². The number of benzene rings is 2. The molecule has 0 aliphatic rings. The zero-order chi connectivity index (χ0) is 22.0. The number of carbonyl (C=O) groups is 1. The SMILES string of the molecule is CC(C)c1ccc2oc(Cc3ccc(NC(=S)NC(=O)c4ccc(Br)o4)cc3)nc2c1. The zero-order valence-electron chi connectivity index (χ0n) is 16.9. The minimum atomic E-state index is -0.420. The average Bonchev–Trinajstić information content (AvgIpc) is 3.34. The summed E-state index contributed by atoms with van der Waals surface area (Å²) < 4.78 is 11.6. The van der Waals surface area contributed by atoms with Gasteiger partial charge in [0, 0.05) is 12.1 Å². The molecule has 4 rings (SSSR count). The first-order chi connectivity index (χ1) is 14.9. The van der Waals surface area contributed by atoms with E-state index in [1.54, 1.807) is 12.1 Å². The molecule has 0 atom stereocenters. The summed E-state index contributed by atoms with van der Waals surface area (Å²) in [5, 5.41) is 5.75. The number of amides is 1. The molecule has 0 saturated carbocycles. The van der Waals surface area contributed by atoms with Crippen molar-refractivity contribution >= 4 is 56.0 Å².